The SMILES string of the molecule is c1ccc(N[N]c2ccnnn2)cc1. The quantitative estimate of drug-likeness (QED) is 0.730. The van der Waals surface area contributed by atoms with Gasteiger partial charge in [-0.15, -0.1) is 10.2 Å². The summed E-state index contributed by atoms with van der Waals surface area (Å²) in [6, 6.07) is 11.3. The van der Waals surface area contributed by atoms with Crippen molar-refractivity contribution in [1.29, 1.82) is 0 Å². The van der Waals surface area contributed by atoms with Crippen molar-refractivity contribution in [3.05, 3.63) is 42.6 Å². The smallest absolute Gasteiger partial charge is 0.197 e. The van der Waals surface area contributed by atoms with Gasteiger partial charge in [0.25, 0.3) is 0 Å². The van der Waals surface area contributed by atoms with Crippen molar-refractivity contribution >= 4 is 11.5 Å². The molecule has 0 saturated heterocycles. The van der Waals surface area contributed by atoms with Crippen molar-refractivity contribution in [1.82, 2.24) is 20.8 Å². The number of para-hydroxylation sites is 1. The summed E-state index contributed by atoms with van der Waals surface area (Å²) in [7, 11) is 0. The summed E-state index contributed by atoms with van der Waals surface area (Å²) in [4.78, 5) is 0. The molecule has 1 heterocycles. The minimum atomic E-state index is 0.504. The van der Waals surface area contributed by atoms with Crippen LogP contribution in [0.5, 0.6) is 0 Å². The molecule has 0 aliphatic carbocycles. The van der Waals surface area contributed by atoms with Crippen LogP contribution in [0.15, 0.2) is 42.6 Å². The highest BCUT2D eigenvalue weighted by atomic mass is 15.4. The maximum absolute atomic E-state index is 4.01. The largest absolute Gasteiger partial charge is 0.276 e. The summed E-state index contributed by atoms with van der Waals surface area (Å²) in [5, 5.41) is 10.7. The second-order valence-corrected chi connectivity index (χ2v) is 2.57. The first kappa shape index (κ1) is 8.43. The lowest BCUT2D eigenvalue weighted by atomic mass is 10.3. The summed E-state index contributed by atoms with van der Waals surface area (Å²) in [6.45, 7) is 0. The summed E-state index contributed by atoms with van der Waals surface area (Å²) in [5.74, 6) is 0.504. The standard InChI is InChI=1S/C9H8N5/c1-2-4-8(5-3-1)11-12-9-6-7-10-14-13-9/h1-7,11H. The van der Waals surface area contributed by atoms with Crippen molar-refractivity contribution in [2.45, 2.75) is 0 Å². The first-order valence-corrected chi connectivity index (χ1v) is 4.11. The maximum Gasteiger partial charge on any atom is 0.197 e. The highest BCUT2D eigenvalue weighted by molar-refractivity contribution is 5.43. The second kappa shape index (κ2) is 4.18. The molecule has 14 heavy (non-hydrogen) atoms. The van der Waals surface area contributed by atoms with E-state index in [-0.39, 0.29) is 0 Å². The fraction of sp³-hybridized carbons (Fsp3) is 0. The van der Waals surface area contributed by atoms with E-state index in [0.29, 0.717) is 5.82 Å². The molecule has 0 fully saturated rings. The van der Waals surface area contributed by atoms with E-state index in [1.54, 1.807) is 12.3 Å². The Labute approximate surface area is 81.2 Å². The number of rotatable bonds is 3. The fourth-order valence-electron chi connectivity index (χ4n) is 0.929. The molecule has 1 aromatic carbocycles. The third-order valence-corrected chi connectivity index (χ3v) is 1.56. The number of nitrogens with zero attached hydrogens (tertiary/aromatic N) is 4. The normalized spacial score (nSPS) is 9.43. The molecule has 0 atom stereocenters. The lowest BCUT2D eigenvalue weighted by Crippen LogP contribution is -2.09. The van der Waals surface area contributed by atoms with E-state index in [4.69, 9.17) is 0 Å². The molecule has 0 spiro atoms. The van der Waals surface area contributed by atoms with E-state index in [1.165, 1.54) is 0 Å². The van der Waals surface area contributed by atoms with E-state index in [0.717, 1.165) is 5.69 Å². The average molecular weight is 186 g/mol. The Balaban J connectivity index is 1.96. The third kappa shape index (κ3) is 2.16. The number of anilines is 1. The molecule has 2 aromatic rings. The Morgan fingerprint density at radius 1 is 1.07 bits per heavy atom. The van der Waals surface area contributed by atoms with Crippen molar-refractivity contribution < 1.29 is 0 Å². The predicted molar refractivity (Wildman–Crippen MR) is 51.7 cm³/mol. The van der Waals surface area contributed by atoms with Gasteiger partial charge >= 0.3 is 0 Å². The third-order valence-electron chi connectivity index (χ3n) is 1.56. The highest BCUT2D eigenvalue weighted by Gasteiger charge is 1.94. The second-order valence-electron chi connectivity index (χ2n) is 2.57. The minimum Gasteiger partial charge on any atom is -0.276 e. The minimum absolute atomic E-state index is 0.504. The van der Waals surface area contributed by atoms with Crippen LogP contribution in [-0.4, -0.2) is 15.4 Å². The highest BCUT2D eigenvalue weighted by Crippen LogP contribution is 2.05. The number of nitrogens with one attached hydrogen (secondary N) is 1. The Hall–Kier alpha value is -2.17. The van der Waals surface area contributed by atoms with Crippen LogP contribution in [0.2, 0.25) is 0 Å². The summed E-state index contributed by atoms with van der Waals surface area (Å²) < 4.78 is 0. The number of hydrogen-bond donors (Lipinski definition) is 1. The van der Waals surface area contributed by atoms with Gasteiger partial charge in [0.05, 0.1) is 11.9 Å². The van der Waals surface area contributed by atoms with E-state index in [2.05, 4.69) is 26.3 Å². The number of benzene rings is 1. The van der Waals surface area contributed by atoms with E-state index in [9.17, 15) is 0 Å². The maximum atomic E-state index is 4.01. The average Bonchev–Trinajstić information content (AvgIpc) is 2.29. The van der Waals surface area contributed by atoms with Crippen molar-refractivity contribution in [3.63, 3.8) is 0 Å². The van der Waals surface area contributed by atoms with Crippen LogP contribution in [0, 0.1) is 0 Å². The molecule has 0 aliphatic rings. The fourth-order valence-corrected chi connectivity index (χ4v) is 0.929. The van der Waals surface area contributed by atoms with Gasteiger partial charge in [-0.3, -0.25) is 5.43 Å². The molecule has 0 bridgehead atoms. The van der Waals surface area contributed by atoms with Gasteiger partial charge in [0.15, 0.2) is 5.82 Å². The lowest BCUT2D eigenvalue weighted by molar-refractivity contribution is 0.826. The molecule has 2 rings (SSSR count). The van der Waals surface area contributed by atoms with Gasteiger partial charge < -0.3 is 0 Å². The van der Waals surface area contributed by atoms with Gasteiger partial charge in [-0.25, -0.2) is 0 Å². The van der Waals surface area contributed by atoms with Crippen LogP contribution < -0.4 is 10.9 Å². The molecule has 0 amide bonds. The van der Waals surface area contributed by atoms with Gasteiger partial charge in [0.2, 0.25) is 0 Å². The molecule has 5 heteroatoms. The molecule has 0 saturated carbocycles. The van der Waals surface area contributed by atoms with Gasteiger partial charge in [-0.05, 0) is 17.3 Å². The molecule has 0 aliphatic heterocycles. The topological polar surface area (TPSA) is 64.8 Å². The van der Waals surface area contributed by atoms with Crippen LogP contribution in [0.25, 0.3) is 0 Å². The molecular formula is C9H8N5. The van der Waals surface area contributed by atoms with Crippen molar-refractivity contribution in [3.8, 4) is 0 Å². The first-order valence-electron chi connectivity index (χ1n) is 4.11. The number of hydrogen-bond acceptors (Lipinski definition) is 4. The first-order chi connectivity index (χ1) is 6.95. The molecule has 5 nitrogen and oxygen atoms in total. The molecule has 69 valence electrons. The van der Waals surface area contributed by atoms with Gasteiger partial charge in [-0.1, -0.05) is 18.2 Å². The number of aromatic nitrogens is 3. The van der Waals surface area contributed by atoms with Crippen LogP contribution in [-0.2, 0) is 0 Å². The van der Waals surface area contributed by atoms with Gasteiger partial charge in [-0.2, -0.15) is 5.43 Å². The Morgan fingerprint density at radius 3 is 2.64 bits per heavy atom. The van der Waals surface area contributed by atoms with E-state index >= 15 is 0 Å². The van der Waals surface area contributed by atoms with Crippen LogP contribution in [0.3, 0.4) is 0 Å². The Kier molecular flexibility index (Phi) is 2.51. The summed E-state index contributed by atoms with van der Waals surface area (Å²) >= 11 is 0. The van der Waals surface area contributed by atoms with E-state index < -0.39 is 0 Å². The zero-order valence-corrected chi connectivity index (χ0v) is 7.33. The van der Waals surface area contributed by atoms with Gasteiger partial charge in [0.1, 0.15) is 0 Å². The molecule has 1 radical (unpaired) electrons. The Morgan fingerprint density at radius 2 is 1.93 bits per heavy atom. The van der Waals surface area contributed by atoms with Crippen molar-refractivity contribution in [2.75, 3.05) is 5.43 Å². The lowest BCUT2D eigenvalue weighted by Gasteiger charge is -2.02. The Bertz CT molecular complexity index is 335. The van der Waals surface area contributed by atoms with Crippen LogP contribution in [0.4, 0.5) is 11.5 Å². The van der Waals surface area contributed by atoms with Crippen LogP contribution >= 0.6 is 0 Å². The summed E-state index contributed by atoms with van der Waals surface area (Å²) in [6.07, 6.45) is 1.54. The van der Waals surface area contributed by atoms with Crippen molar-refractivity contribution in [2.24, 2.45) is 0 Å². The zero-order chi connectivity index (χ0) is 9.64. The molecule has 1 aromatic heterocycles. The predicted octanol–water partition coefficient (Wildman–Crippen LogP) is 1.13. The molecular weight excluding hydrogens is 178 g/mol. The molecule has 0 unspecified atom stereocenters. The van der Waals surface area contributed by atoms with Gasteiger partial charge in [0, 0.05) is 6.07 Å². The van der Waals surface area contributed by atoms with Crippen LogP contribution in [0.1, 0.15) is 0 Å². The summed E-state index contributed by atoms with van der Waals surface area (Å²) in [5.41, 5.74) is 7.78. The monoisotopic (exact) mass is 186 g/mol. The van der Waals surface area contributed by atoms with E-state index in [1.807, 2.05) is 30.3 Å². The molecule has 1 N–H and O–H groups in total. The zero-order valence-electron chi connectivity index (χ0n) is 7.33.